The van der Waals surface area contributed by atoms with Gasteiger partial charge in [0, 0.05) is 37.2 Å². The Labute approximate surface area is 224 Å². The average Bonchev–Trinajstić information content (AvgIpc) is 3.49. The van der Waals surface area contributed by atoms with Crippen LogP contribution >= 0.6 is 0 Å². The molecule has 10 heteroatoms. The summed E-state index contributed by atoms with van der Waals surface area (Å²) in [5.74, 6) is 6.99. The number of hydrogen-bond acceptors (Lipinski definition) is 7. The number of aliphatic hydroxyl groups is 1. The van der Waals surface area contributed by atoms with Crippen molar-refractivity contribution in [3.8, 4) is 17.5 Å². The van der Waals surface area contributed by atoms with Crippen LogP contribution in [-0.4, -0.2) is 40.5 Å². The minimum absolute atomic E-state index is 0.207. The fourth-order valence-corrected chi connectivity index (χ4v) is 5.01. The van der Waals surface area contributed by atoms with Gasteiger partial charge in [0.15, 0.2) is 17.9 Å². The van der Waals surface area contributed by atoms with E-state index in [1.54, 1.807) is 33.7 Å². The minimum atomic E-state index is -1.09. The molecule has 0 spiro atoms. The van der Waals surface area contributed by atoms with Crippen molar-refractivity contribution in [1.82, 2.24) is 29.0 Å². The van der Waals surface area contributed by atoms with Crippen LogP contribution in [-0.2, 0) is 14.1 Å². The van der Waals surface area contributed by atoms with E-state index < -0.39 is 12.3 Å². The second-order valence-corrected chi connectivity index (χ2v) is 9.46. The summed E-state index contributed by atoms with van der Waals surface area (Å²) in [7, 11) is 3.56. The number of benzene rings is 2. The minimum Gasteiger partial charge on any atom is -0.382 e. The van der Waals surface area contributed by atoms with Gasteiger partial charge in [-0.25, -0.2) is 9.67 Å². The van der Waals surface area contributed by atoms with Crippen LogP contribution in [0.15, 0.2) is 76.8 Å². The lowest BCUT2D eigenvalue weighted by atomic mass is 10.0. The zero-order chi connectivity index (χ0) is 27.3. The predicted molar refractivity (Wildman–Crippen MR) is 150 cm³/mol. The van der Waals surface area contributed by atoms with Crippen LogP contribution in [0.4, 0.5) is 11.6 Å². The highest BCUT2D eigenvalue weighted by molar-refractivity contribution is 5.88. The zero-order valence-corrected chi connectivity index (χ0v) is 21.6. The van der Waals surface area contributed by atoms with Gasteiger partial charge in [-0.3, -0.25) is 14.0 Å². The number of pyridine rings is 1. The molecule has 2 aromatic carbocycles. The summed E-state index contributed by atoms with van der Waals surface area (Å²) in [5.41, 5.74) is 9.08. The lowest BCUT2D eigenvalue weighted by molar-refractivity contribution is 0.0308. The third-order valence-corrected chi connectivity index (χ3v) is 6.95. The molecule has 1 aliphatic heterocycles. The van der Waals surface area contributed by atoms with Crippen LogP contribution in [0.5, 0.6) is 0 Å². The number of anilines is 1. The van der Waals surface area contributed by atoms with Crippen molar-refractivity contribution < 1.29 is 5.11 Å². The molecule has 0 saturated heterocycles. The number of aliphatic imine (C=N–C) groups is 1. The molecule has 2 atom stereocenters. The summed E-state index contributed by atoms with van der Waals surface area (Å²) < 4.78 is 4.89. The molecule has 6 rings (SSSR count). The van der Waals surface area contributed by atoms with Gasteiger partial charge in [-0.1, -0.05) is 42.2 Å². The fourth-order valence-electron chi connectivity index (χ4n) is 5.01. The molecule has 0 fully saturated rings. The number of nitrogen functional groups attached to an aromatic ring is 1. The van der Waals surface area contributed by atoms with Gasteiger partial charge in [0.05, 0.1) is 35.1 Å². The lowest BCUT2D eigenvalue weighted by Gasteiger charge is -2.35. The topological polar surface area (TPSA) is 119 Å². The first-order chi connectivity index (χ1) is 18.8. The molecule has 0 aliphatic carbocycles. The summed E-state index contributed by atoms with van der Waals surface area (Å²) in [6.45, 7) is 1.92. The van der Waals surface area contributed by atoms with Crippen molar-refractivity contribution in [2.24, 2.45) is 19.1 Å². The normalized spacial score (nSPS) is 15.2. The van der Waals surface area contributed by atoms with E-state index in [1.165, 1.54) is 4.68 Å². The van der Waals surface area contributed by atoms with Crippen molar-refractivity contribution in [2.75, 3.05) is 5.73 Å². The van der Waals surface area contributed by atoms with E-state index in [1.807, 2.05) is 74.8 Å². The Morgan fingerprint density at radius 3 is 2.62 bits per heavy atom. The molecular formula is C29H26N8O2. The summed E-state index contributed by atoms with van der Waals surface area (Å²) >= 11 is 0. The highest BCUT2D eigenvalue weighted by Gasteiger charge is 2.33. The van der Waals surface area contributed by atoms with Crippen LogP contribution < -0.4 is 11.3 Å². The molecule has 1 unspecified atom stereocenters. The zero-order valence-electron chi connectivity index (χ0n) is 21.6. The number of fused-ring (bicyclic) bond motifs is 2. The maximum absolute atomic E-state index is 14.2. The molecule has 0 radical (unpaired) electrons. The predicted octanol–water partition coefficient (Wildman–Crippen LogP) is 3.17. The third-order valence-electron chi connectivity index (χ3n) is 6.95. The fraction of sp³-hybridized carbons (Fsp3) is 0.172. The number of aryl methyl sites for hydroxylation is 2. The monoisotopic (exact) mass is 518 g/mol. The van der Waals surface area contributed by atoms with E-state index in [-0.39, 0.29) is 11.4 Å². The Morgan fingerprint density at radius 1 is 1.08 bits per heavy atom. The summed E-state index contributed by atoms with van der Waals surface area (Å²) in [5, 5.41) is 20.9. The van der Waals surface area contributed by atoms with Gasteiger partial charge in [-0.05, 0) is 36.6 Å². The number of nitrogens with zero attached hydrogens (tertiary/aromatic N) is 7. The van der Waals surface area contributed by atoms with Gasteiger partial charge in [0.25, 0.3) is 5.56 Å². The van der Waals surface area contributed by atoms with E-state index in [2.05, 4.69) is 27.0 Å². The molecule has 4 heterocycles. The van der Waals surface area contributed by atoms with Crippen LogP contribution in [0.2, 0.25) is 0 Å². The van der Waals surface area contributed by atoms with Gasteiger partial charge >= 0.3 is 0 Å². The van der Waals surface area contributed by atoms with Crippen LogP contribution in [0.1, 0.15) is 41.6 Å². The number of aromatic nitrogens is 5. The highest BCUT2D eigenvalue weighted by Crippen LogP contribution is 2.39. The van der Waals surface area contributed by atoms with Gasteiger partial charge in [-0.15, -0.1) is 0 Å². The van der Waals surface area contributed by atoms with Crippen LogP contribution in [0.25, 0.3) is 16.5 Å². The first-order valence-corrected chi connectivity index (χ1v) is 12.4. The lowest BCUT2D eigenvalue weighted by Crippen LogP contribution is -2.35. The average molecular weight is 519 g/mol. The number of rotatable bonds is 3. The molecule has 1 aliphatic rings. The standard InChI is InChI=1S/C29H26N8O2/c1-18(36-17-31-27-25(28(36)38)26(30)33-35(27)3)23-14-21-9-7-8-20(13-12-19-15-32-34(2)16-19)24(21)29(39)37(23)22-10-5-4-6-11-22/h4-11,14-18,28,38H,1-3H3,(H2,30,33)/t18-,28?/m0/s1. The molecule has 5 aromatic rings. The maximum Gasteiger partial charge on any atom is 0.264 e. The van der Waals surface area contributed by atoms with Gasteiger partial charge < -0.3 is 15.7 Å². The summed E-state index contributed by atoms with van der Waals surface area (Å²) in [6, 6.07) is 16.6. The molecule has 3 N–H and O–H groups in total. The van der Waals surface area contributed by atoms with Gasteiger partial charge in [0.1, 0.15) is 0 Å². The van der Waals surface area contributed by atoms with Crippen molar-refractivity contribution in [3.63, 3.8) is 0 Å². The Kier molecular flexibility index (Phi) is 5.78. The van der Waals surface area contributed by atoms with E-state index in [9.17, 15) is 9.90 Å². The Hall–Kier alpha value is -5.14. The number of nitrogens with two attached hydrogens (primary N) is 1. The Balaban J connectivity index is 1.53. The van der Waals surface area contributed by atoms with Crippen molar-refractivity contribution in [3.05, 3.63) is 99.7 Å². The molecule has 0 saturated carbocycles. The number of para-hydroxylation sites is 1. The second-order valence-electron chi connectivity index (χ2n) is 9.46. The molecular weight excluding hydrogens is 492 g/mol. The third kappa shape index (κ3) is 4.05. The molecule has 0 amide bonds. The first-order valence-electron chi connectivity index (χ1n) is 12.4. The molecule has 10 nitrogen and oxygen atoms in total. The Bertz CT molecular complexity index is 1870. The Morgan fingerprint density at radius 2 is 1.87 bits per heavy atom. The summed E-state index contributed by atoms with van der Waals surface area (Å²) in [4.78, 5) is 20.4. The number of aliphatic hydroxyl groups excluding tert-OH is 1. The van der Waals surface area contributed by atoms with E-state index >= 15 is 0 Å². The number of hydrogen-bond donors (Lipinski definition) is 2. The largest absolute Gasteiger partial charge is 0.382 e. The summed E-state index contributed by atoms with van der Waals surface area (Å²) in [6.07, 6.45) is 3.99. The van der Waals surface area contributed by atoms with E-state index in [4.69, 9.17) is 5.73 Å². The van der Waals surface area contributed by atoms with E-state index in [0.717, 1.165) is 10.9 Å². The SMILES string of the molecule is C[C@@H](c1cc2cccc(C#Cc3cnn(C)c3)c2c(=O)n1-c1ccccc1)N1C=Nc2c(c(N)nn2C)C1O. The van der Waals surface area contributed by atoms with Crippen molar-refractivity contribution in [1.29, 1.82) is 0 Å². The van der Waals surface area contributed by atoms with Crippen molar-refractivity contribution >= 4 is 28.7 Å². The highest BCUT2D eigenvalue weighted by atomic mass is 16.3. The van der Waals surface area contributed by atoms with Crippen LogP contribution in [0, 0.1) is 11.8 Å². The quantitative estimate of drug-likeness (QED) is 0.354. The van der Waals surface area contributed by atoms with E-state index in [0.29, 0.717) is 33.7 Å². The van der Waals surface area contributed by atoms with Crippen LogP contribution in [0.3, 0.4) is 0 Å². The molecule has 3 aromatic heterocycles. The molecule has 0 bridgehead atoms. The van der Waals surface area contributed by atoms with Gasteiger partial charge in [-0.2, -0.15) is 10.2 Å². The first kappa shape index (κ1) is 24.2. The smallest absolute Gasteiger partial charge is 0.264 e. The molecule has 39 heavy (non-hydrogen) atoms. The second kappa shape index (κ2) is 9.31. The maximum atomic E-state index is 14.2. The van der Waals surface area contributed by atoms with Crippen molar-refractivity contribution in [2.45, 2.75) is 19.2 Å². The van der Waals surface area contributed by atoms with Gasteiger partial charge in [0.2, 0.25) is 0 Å². The molecule has 194 valence electrons.